The van der Waals surface area contributed by atoms with Crippen molar-refractivity contribution in [3.63, 3.8) is 0 Å². The number of fused-ring (bicyclic) bond motifs is 2. The first-order valence-corrected chi connectivity index (χ1v) is 14.7. The van der Waals surface area contributed by atoms with Gasteiger partial charge in [0.15, 0.2) is 0 Å². The van der Waals surface area contributed by atoms with Gasteiger partial charge in [-0.25, -0.2) is 4.58 Å². The molecule has 1 amide bonds. The number of hydrogen-bond acceptors (Lipinski definition) is 7. The normalized spacial score (nSPS) is 11.1. The van der Waals surface area contributed by atoms with Crippen LogP contribution in [0.3, 0.4) is 0 Å². The molecular formula is C34H45N4O5+. The summed E-state index contributed by atoms with van der Waals surface area (Å²) in [6.45, 7) is 4.57. The van der Waals surface area contributed by atoms with Gasteiger partial charge in [-0.05, 0) is 37.6 Å². The Morgan fingerprint density at radius 1 is 0.953 bits per heavy atom. The highest BCUT2D eigenvalue weighted by Gasteiger charge is 2.24. The predicted octanol–water partition coefficient (Wildman–Crippen LogP) is 4.69. The van der Waals surface area contributed by atoms with E-state index in [0.717, 1.165) is 68.2 Å². The van der Waals surface area contributed by atoms with Crippen LogP contribution in [-0.2, 0) is 9.53 Å². The fourth-order valence-electron chi connectivity index (χ4n) is 5.30. The van der Waals surface area contributed by atoms with Crippen molar-refractivity contribution in [2.24, 2.45) is 0 Å². The number of carbonyl (C=O) groups excluding carboxylic acids is 1. The van der Waals surface area contributed by atoms with Gasteiger partial charge in [0.25, 0.3) is 0 Å². The summed E-state index contributed by atoms with van der Waals surface area (Å²) in [4.78, 5) is 16.5. The number of nitrogens with zero attached hydrogens (tertiary/aromatic N) is 3. The Bertz CT molecular complexity index is 1610. The topological polar surface area (TPSA) is 79.4 Å². The average molecular weight is 590 g/mol. The van der Waals surface area contributed by atoms with Crippen molar-refractivity contribution >= 4 is 28.3 Å². The predicted molar refractivity (Wildman–Crippen MR) is 175 cm³/mol. The summed E-state index contributed by atoms with van der Waals surface area (Å²) in [6.07, 6.45) is 1.14. The first-order chi connectivity index (χ1) is 20.7. The van der Waals surface area contributed by atoms with Crippen LogP contribution in [0.2, 0.25) is 0 Å². The monoisotopic (exact) mass is 589 g/mol. The third-order valence-electron chi connectivity index (χ3n) is 7.67. The number of hydrogen-bond donors (Lipinski definition) is 1. The Balaban J connectivity index is 1.83. The lowest BCUT2D eigenvalue weighted by atomic mass is 9.92. The molecule has 43 heavy (non-hydrogen) atoms. The summed E-state index contributed by atoms with van der Waals surface area (Å²) in [6, 6.07) is 16.7. The van der Waals surface area contributed by atoms with Crippen molar-refractivity contribution in [1.82, 2.24) is 9.89 Å². The molecule has 2 aliphatic rings. The fraction of sp³-hybridized carbons (Fsp3) is 0.412. The average Bonchev–Trinajstić information content (AvgIpc) is 3.00. The van der Waals surface area contributed by atoms with Crippen LogP contribution < -0.4 is 34.5 Å². The van der Waals surface area contributed by atoms with Gasteiger partial charge < -0.3 is 33.7 Å². The lowest BCUT2D eigenvalue weighted by molar-refractivity contribution is -0.121. The van der Waals surface area contributed by atoms with Crippen molar-refractivity contribution in [2.75, 3.05) is 85.6 Å². The number of anilines is 2. The van der Waals surface area contributed by atoms with E-state index in [0.29, 0.717) is 32.5 Å². The summed E-state index contributed by atoms with van der Waals surface area (Å²) in [5.41, 5.74) is 5.67. The van der Waals surface area contributed by atoms with Crippen molar-refractivity contribution in [3.8, 4) is 33.9 Å². The number of ether oxygens (including phenoxy) is 3. The molecule has 0 atom stereocenters. The van der Waals surface area contributed by atoms with Crippen LogP contribution in [0.25, 0.3) is 33.4 Å². The molecule has 2 aromatic carbocycles. The highest BCUT2D eigenvalue weighted by molar-refractivity contribution is 6.04. The summed E-state index contributed by atoms with van der Waals surface area (Å²) >= 11 is 0. The number of methoxy groups -OCH3 is 3. The maximum atomic E-state index is 12.2. The van der Waals surface area contributed by atoms with Crippen LogP contribution >= 0.6 is 0 Å². The zero-order chi connectivity index (χ0) is 31.1. The van der Waals surface area contributed by atoms with Crippen LogP contribution in [0, 0.1) is 0 Å². The molecule has 0 saturated heterocycles. The molecule has 2 aromatic rings. The van der Waals surface area contributed by atoms with Gasteiger partial charge in [0.1, 0.15) is 36.9 Å². The molecule has 9 nitrogen and oxygen atoms in total. The molecule has 0 bridgehead atoms. The maximum Gasteiger partial charge on any atom is 0.220 e. The number of carbonyl (C=O) groups is 1. The first-order valence-electron chi connectivity index (χ1n) is 14.7. The van der Waals surface area contributed by atoms with Gasteiger partial charge in [0.05, 0.1) is 32.6 Å². The molecule has 0 aromatic heterocycles. The maximum absolute atomic E-state index is 12.2. The number of amides is 1. The Kier molecular flexibility index (Phi) is 10.5. The van der Waals surface area contributed by atoms with E-state index >= 15 is 0 Å². The van der Waals surface area contributed by atoms with E-state index in [1.807, 2.05) is 34.3 Å². The molecule has 0 fully saturated rings. The van der Waals surface area contributed by atoms with Crippen molar-refractivity contribution in [3.05, 3.63) is 53.9 Å². The van der Waals surface area contributed by atoms with Gasteiger partial charge in [-0.1, -0.05) is 0 Å². The minimum Gasteiger partial charge on any atom is -0.496 e. The molecule has 0 saturated carbocycles. The van der Waals surface area contributed by atoms with Gasteiger partial charge in [-0.15, -0.1) is 0 Å². The van der Waals surface area contributed by atoms with E-state index in [2.05, 4.69) is 69.1 Å². The van der Waals surface area contributed by atoms with E-state index in [9.17, 15) is 4.79 Å². The second kappa shape index (κ2) is 14.3. The van der Waals surface area contributed by atoms with Gasteiger partial charge in [-0.3, -0.25) is 4.79 Å². The van der Waals surface area contributed by atoms with Gasteiger partial charge in [0, 0.05) is 93.2 Å². The molecule has 4 rings (SSSR count). The second-order valence-electron chi connectivity index (χ2n) is 10.9. The number of nitrogens with one attached hydrogen (secondary N) is 1. The Labute approximate surface area is 254 Å². The minimum atomic E-state index is 0.0242. The van der Waals surface area contributed by atoms with Gasteiger partial charge in [0.2, 0.25) is 11.3 Å². The van der Waals surface area contributed by atoms with Crippen molar-refractivity contribution in [1.29, 1.82) is 0 Å². The molecule has 0 unspecified atom stereocenters. The highest BCUT2D eigenvalue weighted by Crippen LogP contribution is 2.47. The highest BCUT2D eigenvalue weighted by atomic mass is 16.5. The zero-order valence-electron chi connectivity index (χ0n) is 26.7. The van der Waals surface area contributed by atoms with Crippen molar-refractivity contribution in [2.45, 2.75) is 19.8 Å². The Morgan fingerprint density at radius 2 is 1.72 bits per heavy atom. The molecule has 0 spiro atoms. The fourth-order valence-corrected chi connectivity index (χ4v) is 5.30. The molecule has 1 aliphatic carbocycles. The summed E-state index contributed by atoms with van der Waals surface area (Å²) < 4.78 is 25.6. The van der Waals surface area contributed by atoms with E-state index in [-0.39, 0.29) is 5.91 Å². The van der Waals surface area contributed by atoms with Crippen LogP contribution in [0.1, 0.15) is 19.8 Å². The summed E-state index contributed by atoms with van der Waals surface area (Å²) in [5.74, 6) is 2.28. The van der Waals surface area contributed by atoms with Crippen LogP contribution in [-0.4, -0.2) is 81.7 Å². The zero-order valence-corrected chi connectivity index (χ0v) is 26.7. The van der Waals surface area contributed by atoms with Crippen LogP contribution in [0.15, 0.2) is 52.9 Å². The van der Waals surface area contributed by atoms with E-state index in [1.165, 1.54) is 0 Å². The van der Waals surface area contributed by atoms with Gasteiger partial charge in [-0.2, -0.15) is 0 Å². The lowest BCUT2D eigenvalue weighted by Crippen LogP contribution is -2.29. The van der Waals surface area contributed by atoms with Crippen molar-refractivity contribution < 1.29 is 23.4 Å². The summed E-state index contributed by atoms with van der Waals surface area (Å²) in [5, 5.41) is 4.92. The Morgan fingerprint density at radius 3 is 2.37 bits per heavy atom. The first kappa shape index (κ1) is 31.7. The second-order valence-corrected chi connectivity index (χ2v) is 10.9. The van der Waals surface area contributed by atoms with Crippen LogP contribution in [0.4, 0.5) is 11.4 Å². The Hall–Kier alpha value is -4.24. The standard InChI is InChI=1S/C34H44N4O5/c1-9-38(17-10-11-33(39)35-16-18-40-6)28-22-29(41-7)27(21-32(28)42-8)34-25-14-12-23(36(2)3)19-30(25)43-31-20-24(37(4)5)13-15-26(31)34/h12-15,19-22H,9-11,16-18H2,1-8H3/p+1. The van der Waals surface area contributed by atoms with E-state index in [1.54, 1.807) is 21.3 Å². The quantitative estimate of drug-likeness (QED) is 0.138. The third-order valence-corrected chi connectivity index (χ3v) is 7.67. The van der Waals surface area contributed by atoms with E-state index in [4.69, 9.17) is 18.6 Å². The molecule has 9 heteroatoms. The largest absolute Gasteiger partial charge is 0.496 e. The molecular weight excluding hydrogens is 544 g/mol. The SMILES string of the molecule is CCN(CCCC(=O)NCCOC)c1cc(OC)c(-c2c3ccc(=[N+](C)C)cc-3oc3cc(N(C)C)ccc23)cc1OC. The summed E-state index contributed by atoms with van der Waals surface area (Å²) in [7, 11) is 13.1. The molecule has 0 radical (unpaired) electrons. The molecule has 1 N–H and O–H groups in total. The van der Waals surface area contributed by atoms with Gasteiger partial charge >= 0.3 is 0 Å². The molecule has 1 aliphatic heterocycles. The third kappa shape index (κ3) is 7.05. The smallest absolute Gasteiger partial charge is 0.220 e. The molecule has 230 valence electrons. The number of benzene rings is 3. The van der Waals surface area contributed by atoms with Crippen LogP contribution in [0.5, 0.6) is 11.5 Å². The lowest BCUT2D eigenvalue weighted by Gasteiger charge is -2.27. The minimum absolute atomic E-state index is 0.0242. The number of rotatable bonds is 13. The molecule has 1 heterocycles. The van der Waals surface area contributed by atoms with E-state index < -0.39 is 0 Å².